The summed E-state index contributed by atoms with van der Waals surface area (Å²) in [6.07, 6.45) is 3.98. The number of halogens is 1. The van der Waals surface area contributed by atoms with Crippen LogP contribution < -0.4 is 5.73 Å². The molecule has 0 fully saturated rings. The molecule has 94 valence electrons. The average molecular weight is 305 g/mol. The van der Waals surface area contributed by atoms with Crippen LogP contribution >= 0.6 is 15.9 Å². The van der Waals surface area contributed by atoms with Crippen molar-refractivity contribution < 1.29 is 0 Å². The monoisotopic (exact) mass is 304 g/mol. The van der Waals surface area contributed by atoms with E-state index in [1.54, 1.807) is 0 Å². The van der Waals surface area contributed by atoms with Crippen molar-refractivity contribution in [2.45, 2.75) is 13.8 Å². The van der Waals surface area contributed by atoms with Crippen molar-refractivity contribution in [3.8, 4) is 0 Å². The van der Waals surface area contributed by atoms with E-state index >= 15 is 0 Å². The van der Waals surface area contributed by atoms with Gasteiger partial charge in [-0.2, -0.15) is 0 Å². The summed E-state index contributed by atoms with van der Waals surface area (Å²) >= 11 is 3.56. The van der Waals surface area contributed by atoms with E-state index in [4.69, 9.17) is 5.73 Å². The lowest BCUT2D eigenvalue weighted by Crippen LogP contribution is -2.08. The maximum absolute atomic E-state index is 5.80. The second kappa shape index (κ2) is 5.63. The lowest BCUT2D eigenvalue weighted by Gasteiger charge is -2.10. The summed E-state index contributed by atoms with van der Waals surface area (Å²) in [5, 5.41) is 1.13. The third-order valence-electron chi connectivity index (χ3n) is 3.07. The number of hydrogen-bond donors (Lipinski definition) is 1. The first-order chi connectivity index (χ1) is 8.63. The van der Waals surface area contributed by atoms with Crippen LogP contribution in [-0.2, 0) is 0 Å². The van der Waals surface area contributed by atoms with Crippen molar-refractivity contribution in [1.82, 2.24) is 4.98 Å². The second-order valence-corrected chi connectivity index (χ2v) is 5.47. The van der Waals surface area contributed by atoms with Gasteiger partial charge in [-0.25, -0.2) is 0 Å². The van der Waals surface area contributed by atoms with Gasteiger partial charge in [-0.15, -0.1) is 0 Å². The molecule has 0 aliphatic rings. The number of hydrogen-bond acceptors (Lipinski definition) is 2. The van der Waals surface area contributed by atoms with Crippen molar-refractivity contribution in [3.05, 3.63) is 46.1 Å². The molecule has 2 rings (SSSR count). The van der Waals surface area contributed by atoms with Crippen molar-refractivity contribution in [3.63, 3.8) is 0 Å². The van der Waals surface area contributed by atoms with E-state index < -0.39 is 0 Å². The summed E-state index contributed by atoms with van der Waals surface area (Å²) in [5.41, 5.74) is 9.18. The topological polar surface area (TPSA) is 38.9 Å². The summed E-state index contributed by atoms with van der Waals surface area (Å²) in [6.45, 7) is 4.91. The van der Waals surface area contributed by atoms with Crippen molar-refractivity contribution in [2.75, 3.05) is 6.54 Å². The number of nitrogens with zero attached hydrogens (tertiary/aromatic N) is 1. The van der Waals surface area contributed by atoms with Crippen molar-refractivity contribution >= 4 is 32.9 Å². The Hall–Kier alpha value is -1.19. The molecular weight excluding hydrogens is 288 g/mol. The van der Waals surface area contributed by atoms with Gasteiger partial charge in [0.05, 0.1) is 5.52 Å². The third-order valence-corrected chi connectivity index (χ3v) is 3.76. The largest absolute Gasteiger partial charge is 0.327 e. The van der Waals surface area contributed by atoms with Crippen molar-refractivity contribution in [1.29, 1.82) is 0 Å². The zero-order chi connectivity index (χ0) is 13.1. The molecule has 0 aliphatic heterocycles. The molecule has 0 bridgehead atoms. The van der Waals surface area contributed by atoms with Crippen LogP contribution in [0.3, 0.4) is 0 Å². The highest BCUT2D eigenvalue weighted by Crippen LogP contribution is 2.27. The van der Waals surface area contributed by atoms with Gasteiger partial charge in [0.2, 0.25) is 0 Å². The van der Waals surface area contributed by atoms with Crippen LogP contribution in [0.1, 0.15) is 19.4 Å². The molecule has 2 aromatic rings. The number of fused-ring (bicyclic) bond motifs is 1. The Balaban J connectivity index is 2.62. The third kappa shape index (κ3) is 2.62. The predicted octanol–water partition coefficient (Wildman–Crippen LogP) is 4.00. The minimum atomic E-state index is 0.456. The first kappa shape index (κ1) is 13.2. The SMILES string of the molecule is CC(C)/C(=C/c1ccc(Br)c2cccnc12)CN. The van der Waals surface area contributed by atoms with Crippen LogP contribution in [0.2, 0.25) is 0 Å². The molecule has 0 saturated heterocycles. The van der Waals surface area contributed by atoms with Crippen LogP contribution in [-0.4, -0.2) is 11.5 Å². The quantitative estimate of drug-likeness (QED) is 0.931. The van der Waals surface area contributed by atoms with E-state index in [0.717, 1.165) is 20.9 Å². The number of pyridine rings is 1. The molecule has 0 saturated carbocycles. The van der Waals surface area contributed by atoms with Crippen LogP contribution in [0.5, 0.6) is 0 Å². The van der Waals surface area contributed by atoms with Gasteiger partial charge in [0.25, 0.3) is 0 Å². The average Bonchev–Trinajstić information content (AvgIpc) is 2.38. The first-order valence-electron chi connectivity index (χ1n) is 6.07. The number of benzene rings is 1. The summed E-state index contributed by atoms with van der Waals surface area (Å²) in [6, 6.07) is 8.16. The normalized spacial score (nSPS) is 12.4. The molecule has 0 amide bonds. The van der Waals surface area contributed by atoms with E-state index in [2.05, 4.69) is 59.0 Å². The van der Waals surface area contributed by atoms with Gasteiger partial charge in [-0.05, 0) is 18.1 Å². The van der Waals surface area contributed by atoms with Crippen LogP contribution in [0.25, 0.3) is 17.0 Å². The maximum atomic E-state index is 5.80. The van der Waals surface area contributed by atoms with E-state index in [1.165, 1.54) is 5.57 Å². The first-order valence-corrected chi connectivity index (χ1v) is 6.86. The molecule has 0 atom stereocenters. The van der Waals surface area contributed by atoms with Crippen LogP contribution in [0.4, 0.5) is 0 Å². The Bertz CT molecular complexity index is 588. The molecule has 0 radical (unpaired) electrons. The molecule has 3 heteroatoms. The predicted molar refractivity (Wildman–Crippen MR) is 81.3 cm³/mol. The summed E-state index contributed by atoms with van der Waals surface area (Å²) < 4.78 is 1.07. The summed E-state index contributed by atoms with van der Waals surface area (Å²) in [4.78, 5) is 4.47. The standard InChI is InChI=1S/C15H17BrN2/c1-10(2)12(9-17)8-11-5-6-14(16)13-4-3-7-18-15(11)13/h3-8,10H,9,17H2,1-2H3/b12-8+. The fraction of sp³-hybridized carbons (Fsp3) is 0.267. The Kier molecular flexibility index (Phi) is 4.15. The van der Waals surface area contributed by atoms with Crippen molar-refractivity contribution in [2.24, 2.45) is 11.7 Å². The fourth-order valence-corrected chi connectivity index (χ4v) is 2.39. The zero-order valence-corrected chi connectivity index (χ0v) is 12.2. The Morgan fingerprint density at radius 2 is 2.17 bits per heavy atom. The molecular formula is C15H17BrN2. The molecule has 1 aromatic carbocycles. The van der Waals surface area contributed by atoms with E-state index in [0.29, 0.717) is 12.5 Å². The highest BCUT2D eigenvalue weighted by atomic mass is 79.9. The fourth-order valence-electron chi connectivity index (χ4n) is 1.94. The van der Waals surface area contributed by atoms with Gasteiger partial charge in [0, 0.05) is 28.2 Å². The Labute approximate surface area is 116 Å². The lowest BCUT2D eigenvalue weighted by molar-refractivity contribution is 0.753. The van der Waals surface area contributed by atoms with Crippen LogP contribution in [0.15, 0.2) is 40.5 Å². The zero-order valence-electron chi connectivity index (χ0n) is 10.7. The van der Waals surface area contributed by atoms with Gasteiger partial charge in [-0.1, -0.05) is 53.6 Å². The summed E-state index contributed by atoms with van der Waals surface area (Å²) in [5.74, 6) is 0.456. The van der Waals surface area contributed by atoms with Gasteiger partial charge in [-0.3, -0.25) is 4.98 Å². The molecule has 18 heavy (non-hydrogen) atoms. The van der Waals surface area contributed by atoms with E-state index in [9.17, 15) is 0 Å². The Morgan fingerprint density at radius 1 is 1.39 bits per heavy atom. The summed E-state index contributed by atoms with van der Waals surface area (Å²) in [7, 11) is 0. The molecule has 2 N–H and O–H groups in total. The minimum Gasteiger partial charge on any atom is -0.327 e. The molecule has 0 unspecified atom stereocenters. The van der Waals surface area contributed by atoms with Gasteiger partial charge in [0.15, 0.2) is 0 Å². The number of aromatic nitrogens is 1. The molecule has 2 nitrogen and oxygen atoms in total. The van der Waals surface area contributed by atoms with Crippen LogP contribution in [0, 0.1) is 5.92 Å². The van der Waals surface area contributed by atoms with Gasteiger partial charge in [0.1, 0.15) is 0 Å². The Morgan fingerprint density at radius 3 is 2.83 bits per heavy atom. The highest BCUT2D eigenvalue weighted by Gasteiger charge is 2.06. The number of rotatable bonds is 3. The smallest absolute Gasteiger partial charge is 0.0785 e. The lowest BCUT2D eigenvalue weighted by atomic mass is 9.99. The van der Waals surface area contributed by atoms with E-state index in [1.807, 2.05) is 12.3 Å². The maximum Gasteiger partial charge on any atom is 0.0785 e. The van der Waals surface area contributed by atoms with E-state index in [-0.39, 0.29) is 0 Å². The number of nitrogens with two attached hydrogens (primary N) is 1. The minimum absolute atomic E-state index is 0.456. The molecule has 0 spiro atoms. The van der Waals surface area contributed by atoms with Gasteiger partial charge < -0.3 is 5.73 Å². The molecule has 1 aromatic heterocycles. The molecule has 0 aliphatic carbocycles. The highest BCUT2D eigenvalue weighted by molar-refractivity contribution is 9.10. The van der Waals surface area contributed by atoms with Gasteiger partial charge >= 0.3 is 0 Å². The molecule has 1 heterocycles. The second-order valence-electron chi connectivity index (χ2n) is 4.61.